The summed E-state index contributed by atoms with van der Waals surface area (Å²) in [4.78, 5) is 2.42. The Bertz CT molecular complexity index is 3570. The molecule has 0 saturated heterocycles. The molecule has 0 atom stereocenters. The molecule has 0 aliphatic heterocycles. The first-order chi connectivity index (χ1) is 31.0. The molecule has 3 aromatic heterocycles. The highest BCUT2D eigenvalue weighted by atomic mass is 32.1. The van der Waals surface area contributed by atoms with Crippen molar-refractivity contribution in [2.75, 3.05) is 4.90 Å². The lowest BCUT2D eigenvalue weighted by molar-refractivity contribution is 0.626. The van der Waals surface area contributed by atoms with Crippen molar-refractivity contribution in [2.24, 2.45) is 5.92 Å². The van der Waals surface area contributed by atoms with Crippen molar-refractivity contribution in [1.82, 2.24) is 4.40 Å². The molecule has 0 amide bonds. The molecule has 9 aromatic carbocycles. The van der Waals surface area contributed by atoms with E-state index in [9.17, 15) is 0 Å². The van der Waals surface area contributed by atoms with Gasteiger partial charge in [-0.25, -0.2) is 0 Å². The summed E-state index contributed by atoms with van der Waals surface area (Å²) < 4.78 is 5.09. The molecule has 12 aromatic rings. The van der Waals surface area contributed by atoms with Gasteiger partial charge in [-0.2, -0.15) is 0 Å². The van der Waals surface area contributed by atoms with Crippen molar-refractivity contribution in [1.29, 1.82) is 0 Å². The van der Waals surface area contributed by atoms with Gasteiger partial charge in [0.25, 0.3) is 0 Å². The van der Waals surface area contributed by atoms with Gasteiger partial charge in [0.05, 0.1) is 22.2 Å². The van der Waals surface area contributed by atoms with Gasteiger partial charge >= 0.3 is 0 Å². The Hall–Kier alpha value is -7.20. The van der Waals surface area contributed by atoms with E-state index in [0.717, 1.165) is 17.3 Å². The van der Waals surface area contributed by atoms with E-state index in [4.69, 9.17) is 0 Å². The van der Waals surface area contributed by atoms with Crippen LogP contribution in [0.4, 0.5) is 17.1 Å². The van der Waals surface area contributed by atoms with Crippen LogP contribution in [0.15, 0.2) is 200 Å². The van der Waals surface area contributed by atoms with Crippen molar-refractivity contribution in [3.05, 3.63) is 206 Å². The largest absolute Gasteiger partial charge is 0.310 e. The fraction of sp³-hybridized carbons (Fsp3) is 0.100. The Labute approximate surface area is 373 Å². The topological polar surface area (TPSA) is 7.65 Å². The molecule has 0 fully saturated rings. The lowest BCUT2D eigenvalue weighted by atomic mass is 9.94. The highest BCUT2D eigenvalue weighted by Crippen LogP contribution is 2.46. The van der Waals surface area contributed by atoms with Crippen molar-refractivity contribution >= 4 is 86.7 Å². The van der Waals surface area contributed by atoms with Gasteiger partial charge < -0.3 is 9.30 Å². The van der Waals surface area contributed by atoms with Crippen molar-refractivity contribution < 1.29 is 0 Å². The Morgan fingerprint density at radius 3 is 1.71 bits per heavy atom. The zero-order valence-electron chi connectivity index (χ0n) is 36.1. The van der Waals surface area contributed by atoms with Crippen LogP contribution < -0.4 is 4.90 Å². The number of anilines is 3. The van der Waals surface area contributed by atoms with E-state index in [0.29, 0.717) is 0 Å². The number of thiophene rings is 1. The van der Waals surface area contributed by atoms with Gasteiger partial charge in [0, 0.05) is 58.7 Å². The first-order valence-corrected chi connectivity index (χ1v) is 23.0. The molecule has 63 heavy (non-hydrogen) atoms. The SMILES string of the molecule is CCC(C)C.Cc1cc(-c2cccc3c4cccc5c6ccccc6n(c23)c54)ccc1-c1ccc(N(c2ccc(-c3ccccc3)cc2)c2cccc3sc4ccccc4c23)cc1. The molecule has 0 spiro atoms. The molecule has 0 N–H and O–H groups in total. The summed E-state index contributed by atoms with van der Waals surface area (Å²) in [5.41, 5.74) is 15.9. The highest BCUT2D eigenvalue weighted by molar-refractivity contribution is 7.26. The van der Waals surface area contributed by atoms with Crippen LogP contribution >= 0.6 is 11.3 Å². The third kappa shape index (κ3) is 6.63. The van der Waals surface area contributed by atoms with Crippen molar-refractivity contribution in [3.8, 4) is 33.4 Å². The molecule has 3 heterocycles. The minimum absolute atomic E-state index is 0.884. The molecule has 2 nitrogen and oxygen atoms in total. The summed E-state index contributed by atoms with van der Waals surface area (Å²) in [5.74, 6) is 0.884. The van der Waals surface area contributed by atoms with Crippen LogP contribution in [0.3, 0.4) is 0 Å². The van der Waals surface area contributed by atoms with Gasteiger partial charge in [0.1, 0.15) is 0 Å². The van der Waals surface area contributed by atoms with Crippen LogP contribution in [-0.4, -0.2) is 4.40 Å². The van der Waals surface area contributed by atoms with Gasteiger partial charge in [-0.3, -0.25) is 0 Å². The van der Waals surface area contributed by atoms with E-state index in [1.165, 1.54) is 109 Å². The Morgan fingerprint density at radius 2 is 1.00 bits per heavy atom. The minimum atomic E-state index is 0.884. The number of hydrogen-bond donors (Lipinski definition) is 0. The number of rotatable bonds is 7. The van der Waals surface area contributed by atoms with Crippen molar-refractivity contribution in [2.45, 2.75) is 34.1 Å². The third-order valence-electron chi connectivity index (χ3n) is 12.9. The van der Waals surface area contributed by atoms with Crippen LogP contribution in [0.25, 0.3) is 91.6 Å². The summed E-state index contributed by atoms with van der Waals surface area (Å²) in [6, 6.07) is 73.5. The van der Waals surface area contributed by atoms with E-state index in [2.05, 4.69) is 237 Å². The number of hydrogen-bond acceptors (Lipinski definition) is 2. The number of aromatic nitrogens is 1. The van der Waals surface area contributed by atoms with E-state index in [-0.39, 0.29) is 0 Å². The molecule has 304 valence electrons. The van der Waals surface area contributed by atoms with E-state index in [1.54, 1.807) is 0 Å². The lowest BCUT2D eigenvalue weighted by Crippen LogP contribution is -2.10. The number of fused-ring (bicyclic) bond motifs is 9. The fourth-order valence-electron chi connectivity index (χ4n) is 9.45. The van der Waals surface area contributed by atoms with E-state index in [1.807, 2.05) is 11.3 Å². The number of aryl methyl sites for hydroxylation is 1. The van der Waals surface area contributed by atoms with E-state index < -0.39 is 0 Å². The molecule has 0 radical (unpaired) electrons. The van der Waals surface area contributed by atoms with Crippen LogP contribution in [0, 0.1) is 12.8 Å². The predicted molar refractivity (Wildman–Crippen MR) is 275 cm³/mol. The quantitative estimate of drug-likeness (QED) is 0.155. The average molecular weight is 829 g/mol. The Balaban J connectivity index is 0.000000844. The molecule has 0 unspecified atom stereocenters. The van der Waals surface area contributed by atoms with Crippen LogP contribution in [0.5, 0.6) is 0 Å². The maximum atomic E-state index is 2.49. The molecule has 12 rings (SSSR count). The van der Waals surface area contributed by atoms with Crippen LogP contribution in [0.2, 0.25) is 0 Å². The van der Waals surface area contributed by atoms with Crippen LogP contribution in [0.1, 0.15) is 32.8 Å². The molecule has 3 heteroatoms. The molecular formula is C60H48N2S. The molecular weight excluding hydrogens is 781 g/mol. The Kier molecular flexibility index (Phi) is 9.78. The van der Waals surface area contributed by atoms with Gasteiger partial charge in [0.15, 0.2) is 0 Å². The molecule has 0 bridgehead atoms. The van der Waals surface area contributed by atoms with Gasteiger partial charge in [-0.15, -0.1) is 11.3 Å². The first-order valence-electron chi connectivity index (χ1n) is 22.2. The maximum Gasteiger partial charge on any atom is 0.0620 e. The summed E-state index contributed by atoms with van der Waals surface area (Å²) >= 11 is 1.86. The normalized spacial score (nSPS) is 11.7. The lowest BCUT2D eigenvalue weighted by Gasteiger charge is -2.27. The molecule has 0 saturated carbocycles. The molecule has 0 aliphatic rings. The Morgan fingerprint density at radius 1 is 0.460 bits per heavy atom. The third-order valence-corrected chi connectivity index (χ3v) is 14.0. The second-order valence-corrected chi connectivity index (χ2v) is 18.2. The number of nitrogens with zero attached hydrogens (tertiary/aromatic N) is 2. The summed E-state index contributed by atoms with van der Waals surface area (Å²) in [6.07, 6.45) is 1.31. The van der Waals surface area contributed by atoms with Gasteiger partial charge in [-0.1, -0.05) is 179 Å². The first kappa shape index (κ1) is 38.7. The highest BCUT2D eigenvalue weighted by Gasteiger charge is 2.21. The minimum Gasteiger partial charge on any atom is -0.310 e. The second kappa shape index (κ2) is 15.9. The summed E-state index contributed by atoms with van der Waals surface area (Å²) in [7, 11) is 0. The number of para-hydroxylation sites is 3. The monoisotopic (exact) mass is 828 g/mol. The molecule has 0 aliphatic carbocycles. The smallest absolute Gasteiger partial charge is 0.0620 e. The predicted octanol–water partition coefficient (Wildman–Crippen LogP) is 18.0. The zero-order chi connectivity index (χ0) is 42.6. The summed E-state index contributed by atoms with van der Waals surface area (Å²) in [6.45, 7) is 8.89. The fourth-order valence-corrected chi connectivity index (χ4v) is 10.6. The second-order valence-electron chi connectivity index (χ2n) is 17.1. The van der Waals surface area contributed by atoms with Gasteiger partial charge in [-0.05, 0) is 94.8 Å². The maximum absolute atomic E-state index is 2.49. The van der Waals surface area contributed by atoms with E-state index >= 15 is 0 Å². The summed E-state index contributed by atoms with van der Waals surface area (Å²) in [5, 5.41) is 7.80. The van der Waals surface area contributed by atoms with Crippen LogP contribution in [-0.2, 0) is 0 Å². The zero-order valence-corrected chi connectivity index (χ0v) is 37.0. The standard InChI is InChI=1S/C55H36N2S.C5H12/c1-35-34-39(43-16-9-18-46-47-19-10-17-45-44-14-5-7-20-49(44)57(54(43)46)55(45)47)28-33-42(35)38-26-31-41(32-27-38)56(40-29-24-37(25-30-40)36-12-3-2-4-13-36)50-21-11-23-52-53(50)48-15-6-8-22-51(48)58-52;1-4-5(2)3/h2-34H,1H3;5H,4H2,1-3H3. The average Bonchev–Trinajstić information content (AvgIpc) is 4.00. The number of benzene rings is 9. The van der Waals surface area contributed by atoms with Gasteiger partial charge in [0.2, 0.25) is 0 Å². The van der Waals surface area contributed by atoms with Crippen molar-refractivity contribution in [3.63, 3.8) is 0 Å².